The van der Waals surface area contributed by atoms with Gasteiger partial charge in [0.25, 0.3) is 0 Å². The van der Waals surface area contributed by atoms with Gasteiger partial charge in [0.1, 0.15) is 17.4 Å². The van der Waals surface area contributed by atoms with Crippen LogP contribution in [0.3, 0.4) is 0 Å². The van der Waals surface area contributed by atoms with E-state index in [2.05, 4.69) is 10.6 Å². The number of nitrogens with one attached hydrogen (secondary N) is 2. The van der Waals surface area contributed by atoms with Crippen molar-refractivity contribution in [2.24, 2.45) is 0 Å². The minimum Gasteiger partial charge on any atom is -0.465 e. The number of carboxylic acid groups (broad SMARTS) is 1. The summed E-state index contributed by atoms with van der Waals surface area (Å²) in [6.07, 6.45) is 3.39. The molecule has 7 nitrogen and oxygen atoms in total. The molecule has 1 aromatic heterocycles. The Hall–Kier alpha value is -3.32. The van der Waals surface area contributed by atoms with Gasteiger partial charge in [0, 0.05) is 23.1 Å². The average Bonchev–Trinajstić information content (AvgIpc) is 2.96. The molecule has 0 aliphatic heterocycles. The first-order valence-corrected chi connectivity index (χ1v) is 11.0. The highest BCUT2D eigenvalue weighted by Crippen LogP contribution is 2.32. The standard InChI is InChI=1S/C25H28N2O5/c1-16(31-15-17-8-4-2-5-9-17)23(27-25(29)30)24(28)26-18-12-13-22-20(14-18)19-10-6-3-7-11-21(19)32-22/h2,4-5,8-9,12-14,16,23,27H,3,6-7,10-11,15H2,1H3,(H,26,28)(H,29,30)/t16-,23-/m1/s1. The van der Waals surface area contributed by atoms with Gasteiger partial charge in [0.15, 0.2) is 0 Å². The Balaban J connectivity index is 1.49. The Bertz CT molecular complexity index is 1090. The van der Waals surface area contributed by atoms with Gasteiger partial charge in [-0.2, -0.15) is 0 Å². The Morgan fingerprint density at radius 2 is 1.88 bits per heavy atom. The second-order valence-electron chi connectivity index (χ2n) is 8.19. The predicted octanol–water partition coefficient (Wildman–Crippen LogP) is 4.88. The fourth-order valence-electron chi connectivity index (χ4n) is 4.16. The third-order valence-electron chi connectivity index (χ3n) is 5.86. The molecule has 0 bridgehead atoms. The van der Waals surface area contributed by atoms with Crippen molar-refractivity contribution in [2.75, 3.05) is 5.32 Å². The lowest BCUT2D eigenvalue weighted by atomic mass is 10.1. The van der Waals surface area contributed by atoms with E-state index in [0.717, 1.165) is 48.0 Å². The quantitative estimate of drug-likeness (QED) is 0.458. The zero-order chi connectivity index (χ0) is 22.5. The molecule has 2 amide bonds. The van der Waals surface area contributed by atoms with Crippen molar-refractivity contribution >= 4 is 28.7 Å². The van der Waals surface area contributed by atoms with Gasteiger partial charge < -0.3 is 24.9 Å². The topological polar surface area (TPSA) is 101 Å². The number of rotatable bonds is 7. The van der Waals surface area contributed by atoms with Gasteiger partial charge >= 0.3 is 6.09 Å². The summed E-state index contributed by atoms with van der Waals surface area (Å²) in [4.78, 5) is 24.3. The summed E-state index contributed by atoms with van der Waals surface area (Å²) in [7, 11) is 0. The normalized spacial score (nSPS) is 15.4. The lowest BCUT2D eigenvalue weighted by molar-refractivity contribution is -0.121. The monoisotopic (exact) mass is 436 g/mol. The largest absolute Gasteiger partial charge is 0.465 e. The molecule has 0 fully saturated rings. The molecular formula is C25H28N2O5. The second kappa shape index (κ2) is 9.87. The van der Waals surface area contributed by atoms with Crippen LogP contribution in [0.2, 0.25) is 0 Å². The van der Waals surface area contributed by atoms with Crippen LogP contribution >= 0.6 is 0 Å². The van der Waals surface area contributed by atoms with Crippen molar-refractivity contribution in [3.63, 3.8) is 0 Å². The van der Waals surface area contributed by atoms with Crippen LogP contribution in [0.25, 0.3) is 11.0 Å². The molecule has 0 spiro atoms. The molecule has 0 unspecified atom stereocenters. The zero-order valence-electron chi connectivity index (χ0n) is 18.1. The molecule has 2 aromatic carbocycles. The first-order chi connectivity index (χ1) is 15.5. The second-order valence-corrected chi connectivity index (χ2v) is 8.19. The third kappa shape index (κ3) is 5.11. The van der Waals surface area contributed by atoms with Crippen molar-refractivity contribution in [1.29, 1.82) is 0 Å². The summed E-state index contributed by atoms with van der Waals surface area (Å²) >= 11 is 0. The third-order valence-corrected chi connectivity index (χ3v) is 5.86. The van der Waals surface area contributed by atoms with E-state index in [1.807, 2.05) is 42.5 Å². The van der Waals surface area contributed by atoms with Crippen LogP contribution in [0.5, 0.6) is 0 Å². The summed E-state index contributed by atoms with van der Waals surface area (Å²) < 4.78 is 11.8. The number of anilines is 1. The highest BCUT2D eigenvalue weighted by molar-refractivity contribution is 5.98. The number of fused-ring (bicyclic) bond motifs is 3. The Morgan fingerprint density at radius 1 is 1.09 bits per heavy atom. The smallest absolute Gasteiger partial charge is 0.405 e. The minimum absolute atomic E-state index is 0.278. The Morgan fingerprint density at radius 3 is 2.66 bits per heavy atom. The molecule has 32 heavy (non-hydrogen) atoms. The van der Waals surface area contributed by atoms with Crippen LogP contribution in [-0.4, -0.2) is 29.3 Å². The number of carbonyl (C=O) groups excluding carboxylic acids is 1. The van der Waals surface area contributed by atoms with Crippen molar-refractivity contribution in [3.8, 4) is 0 Å². The number of carbonyl (C=O) groups is 2. The molecule has 168 valence electrons. The van der Waals surface area contributed by atoms with Gasteiger partial charge in [-0.05, 0) is 49.9 Å². The predicted molar refractivity (Wildman–Crippen MR) is 122 cm³/mol. The van der Waals surface area contributed by atoms with E-state index in [1.165, 1.54) is 12.0 Å². The number of amides is 2. The summed E-state index contributed by atoms with van der Waals surface area (Å²) in [6, 6.07) is 14.0. The fourth-order valence-corrected chi connectivity index (χ4v) is 4.16. The number of hydrogen-bond donors (Lipinski definition) is 3. The fraction of sp³-hybridized carbons (Fsp3) is 0.360. The van der Waals surface area contributed by atoms with E-state index in [-0.39, 0.29) is 6.61 Å². The Labute approximate surface area is 186 Å². The number of hydrogen-bond acceptors (Lipinski definition) is 4. The lowest BCUT2D eigenvalue weighted by Gasteiger charge is -2.23. The maximum absolute atomic E-state index is 13.0. The molecule has 0 saturated carbocycles. The molecule has 0 saturated heterocycles. The molecule has 1 heterocycles. The van der Waals surface area contributed by atoms with Crippen molar-refractivity contribution < 1.29 is 23.8 Å². The van der Waals surface area contributed by atoms with Crippen LogP contribution < -0.4 is 10.6 Å². The average molecular weight is 437 g/mol. The first-order valence-electron chi connectivity index (χ1n) is 11.0. The van der Waals surface area contributed by atoms with Gasteiger partial charge in [0.2, 0.25) is 5.91 Å². The number of ether oxygens (including phenoxy) is 1. The maximum Gasteiger partial charge on any atom is 0.405 e. The van der Waals surface area contributed by atoms with Gasteiger partial charge in [-0.3, -0.25) is 4.79 Å². The molecule has 4 rings (SSSR count). The number of furan rings is 1. The molecule has 7 heteroatoms. The Kier molecular flexibility index (Phi) is 6.75. The van der Waals surface area contributed by atoms with E-state index in [1.54, 1.807) is 13.0 Å². The molecule has 1 aliphatic carbocycles. The summed E-state index contributed by atoms with van der Waals surface area (Å²) in [5.41, 5.74) is 3.57. The summed E-state index contributed by atoms with van der Waals surface area (Å²) in [6.45, 7) is 1.96. The van der Waals surface area contributed by atoms with Crippen LogP contribution in [0, 0.1) is 0 Å². The summed E-state index contributed by atoms with van der Waals surface area (Å²) in [5.74, 6) is 0.566. The number of benzene rings is 2. The van der Waals surface area contributed by atoms with Crippen molar-refractivity contribution in [2.45, 2.75) is 57.8 Å². The maximum atomic E-state index is 13.0. The minimum atomic E-state index is -1.28. The van der Waals surface area contributed by atoms with Gasteiger partial charge in [-0.25, -0.2) is 4.79 Å². The van der Waals surface area contributed by atoms with E-state index in [4.69, 9.17) is 9.15 Å². The van der Waals surface area contributed by atoms with Gasteiger partial charge in [-0.1, -0.05) is 36.8 Å². The van der Waals surface area contributed by atoms with Crippen LogP contribution in [-0.2, 0) is 29.0 Å². The van der Waals surface area contributed by atoms with Crippen molar-refractivity contribution in [3.05, 3.63) is 65.4 Å². The highest BCUT2D eigenvalue weighted by atomic mass is 16.5. The zero-order valence-corrected chi connectivity index (χ0v) is 18.1. The van der Waals surface area contributed by atoms with Crippen LogP contribution in [0.1, 0.15) is 43.1 Å². The lowest BCUT2D eigenvalue weighted by Crippen LogP contribution is -2.50. The molecule has 3 N–H and O–H groups in total. The SMILES string of the molecule is C[C@@H](OCc1ccccc1)[C@@H](NC(=O)O)C(=O)Nc1ccc2oc3c(c2c1)CCCCC3. The van der Waals surface area contributed by atoms with Crippen molar-refractivity contribution in [1.82, 2.24) is 5.32 Å². The molecule has 3 aromatic rings. The molecular weight excluding hydrogens is 408 g/mol. The first kappa shape index (κ1) is 21.9. The highest BCUT2D eigenvalue weighted by Gasteiger charge is 2.28. The van der Waals surface area contributed by atoms with E-state index in [9.17, 15) is 14.7 Å². The van der Waals surface area contributed by atoms with E-state index >= 15 is 0 Å². The van der Waals surface area contributed by atoms with E-state index < -0.39 is 24.1 Å². The number of aryl methyl sites for hydroxylation is 2. The summed E-state index contributed by atoms with van der Waals surface area (Å²) in [5, 5.41) is 15.4. The molecule has 2 atom stereocenters. The molecule has 0 radical (unpaired) electrons. The molecule has 1 aliphatic rings. The van der Waals surface area contributed by atoms with Crippen LogP contribution in [0.15, 0.2) is 52.9 Å². The van der Waals surface area contributed by atoms with Crippen LogP contribution in [0.4, 0.5) is 10.5 Å². The van der Waals surface area contributed by atoms with Gasteiger partial charge in [-0.15, -0.1) is 0 Å². The van der Waals surface area contributed by atoms with E-state index in [0.29, 0.717) is 5.69 Å². The van der Waals surface area contributed by atoms with Gasteiger partial charge in [0.05, 0.1) is 12.7 Å².